The lowest BCUT2D eigenvalue weighted by molar-refractivity contribution is -0.192. The number of piperidine rings is 2. The van der Waals surface area contributed by atoms with Crippen LogP contribution in [0.3, 0.4) is 0 Å². The number of alkyl halides is 3. The quantitative estimate of drug-likeness (QED) is 0.218. The number of carbonyl (C=O) groups excluding carboxylic acids is 2. The maximum absolute atomic E-state index is 15.9. The molecule has 2 N–H and O–H groups in total. The molecule has 6 aliphatic heterocycles. The molecule has 1 amide bonds. The number of hydrogen-bond acceptors (Lipinski definition) is 9. The molecule has 54 heavy (non-hydrogen) atoms. The van der Waals surface area contributed by atoms with Crippen molar-refractivity contribution in [3.05, 3.63) is 75.0 Å². The lowest BCUT2D eigenvalue weighted by Gasteiger charge is -2.47. The van der Waals surface area contributed by atoms with Gasteiger partial charge in [-0.2, -0.15) is 13.2 Å². The Bertz CT molecular complexity index is 1940. The molecule has 0 spiro atoms. The number of carboxylic acids is 1. The Morgan fingerprint density at radius 3 is 2.20 bits per heavy atom. The Morgan fingerprint density at radius 2 is 1.63 bits per heavy atom. The first kappa shape index (κ1) is 38.0. The van der Waals surface area contributed by atoms with E-state index < -0.39 is 23.9 Å². The monoisotopic (exact) mass is 794 g/mol. The first-order valence-corrected chi connectivity index (χ1v) is 18.1. The highest BCUT2D eigenvalue weighted by Gasteiger charge is 2.41. The van der Waals surface area contributed by atoms with Crippen LogP contribution in [0.25, 0.3) is 11.1 Å². The van der Waals surface area contributed by atoms with Gasteiger partial charge in [0.2, 0.25) is 0 Å². The summed E-state index contributed by atoms with van der Waals surface area (Å²) in [7, 11) is 1.30. The number of nitrogens with one attached hydrogen (secondary N) is 1. The van der Waals surface area contributed by atoms with Crippen LogP contribution in [0.2, 0.25) is 10.0 Å². The van der Waals surface area contributed by atoms with Gasteiger partial charge in [0, 0.05) is 47.6 Å². The summed E-state index contributed by atoms with van der Waals surface area (Å²) in [6, 6.07) is 13.1. The van der Waals surface area contributed by atoms with E-state index in [9.17, 15) is 22.8 Å². The summed E-state index contributed by atoms with van der Waals surface area (Å²) in [6.45, 7) is 3.05. The number of benzene rings is 3. The largest absolute Gasteiger partial charge is 0.490 e. The summed E-state index contributed by atoms with van der Waals surface area (Å²) in [4.78, 5) is 41.6. The molecule has 3 aromatic carbocycles. The third-order valence-corrected chi connectivity index (χ3v) is 11.2. The van der Waals surface area contributed by atoms with E-state index in [1.807, 2.05) is 24.3 Å². The van der Waals surface area contributed by atoms with Crippen LogP contribution in [-0.4, -0.2) is 98.3 Å². The molecule has 3 aromatic rings. The van der Waals surface area contributed by atoms with E-state index in [4.69, 9.17) is 47.3 Å². The number of nitrogens with zero attached hydrogens (tertiary/aromatic N) is 3. The molecule has 0 radical (unpaired) electrons. The highest BCUT2D eigenvalue weighted by molar-refractivity contribution is 6.40. The third kappa shape index (κ3) is 7.26. The van der Waals surface area contributed by atoms with Crippen molar-refractivity contribution in [2.45, 2.75) is 62.6 Å². The van der Waals surface area contributed by atoms with Crippen molar-refractivity contribution in [1.82, 2.24) is 10.2 Å². The number of amides is 1. The molecular formula is C37H36Cl2F4N4O7. The normalized spacial score (nSPS) is 22.9. The van der Waals surface area contributed by atoms with E-state index in [0.29, 0.717) is 63.5 Å². The van der Waals surface area contributed by atoms with Crippen LogP contribution >= 0.6 is 23.2 Å². The van der Waals surface area contributed by atoms with Gasteiger partial charge in [0.15, 0.2) is 6.73 Å². The molecular weight excluding hydrogens is 759 g/mol. The fraction of sp³-hybridized carbons (Fsp3) is 0.432. The van der Waals surface area contributed by atoms with Crippen LogP contribution in [0.4, 0.5) is 28.9 Å². The van der Waals surface area contributed by atoms with Crippen molar-refractivity contribution >= 4 is 52.4 Å². The first-order valence-electron chi connectivity index (χ1n) is 17.4. The van der Waals surface area contributed by atoms with Gasteiger partial charge in [-0.05, 0) is 49.9 Å². The zero-order valence-electron chi connectivity index (χ0n) is 28.9. The van der Waals surface area contributed by atoms with E-state index in [2.05, 4.69) is 15.1 Å². The van der Waals surface area contributed by atoms with E-state index in [0.717, 1.165) is 44.5 Å². The highest BCUT2D eigenvalue weighted by atomic mass is 35.5. The van der Waals surface area contributed by atoms with Crippen LogP contribution in [0, 0.1) is 5.82 Å². The number of halogens is 6. The van der Waals surface area contributed by atoms with Gasteiger partial charge in [-0.3, -0.25) is 4.79 Å². The topological polar surface area (TPSA) is 121 Å². The number of ether oxygens (including phenoxy) is 3. The highest BCUT2D eigenvalue weighted by Crippen LogP contribution is 2.44. The van der Waals surface area contributed by atoms with Crippen LogP contribution in [-0.2, 0) is 20.8 Å². The van der Waals surface area contributed by atoms with Crippen molar-refractivity contribution in [3.8, 4) is 16.9 Å². The molecule has 0 aliphatic carbocycles. The lowest BCUT2D eigenvalue weighted by atomic mass is 9.92. The SMILES string of the molecule is COC(=O)c1cc(F)c(-c2cccc3c2OCN(C(=O)c2c(Cl)cc(N4C[C@H]5CCC4CN5)cc2Cl)C3)cc1N1C2CCC1COC2.O=C(O)C(F)(F)F. The van der Waals surface area contributed by atoms with Gasteiger partial charge in [0.1, 0.15) is 11.6 Å². The number of esters is 1. The molecule has 11 nitrogen and oxygen atoms in total. The molecule has 4 bridgehead atoms. The minimum atomic E-state index is -5.08. The van der Waals surface area contributed by atoms with Crippen molar-refractivity contribution < 1.29 is 51.3 Å². The Morgan fingerprint density at radius 1 is 0.963 bits per heavy atom. The van der Waals surface area contributed by atoms with E-state index in [1.165, 1.54) is 13.2 Å². The minimum absolute atomic E-state index is 0.0683. The molecule has 3 unspecified atom stereocenters. The molecule has 5 saturated heterocycles. The second-order valence-electron chi connectivity index (χ2n) is 13.8. The van der Waals surface area contributed by atoms with E-state index in [1.54, 1.807) is 17.0 Å². The van der Waals surface area contributed by atoms with Gasteiger partial charge in [0.25, 0.3) is 5.91 Å². The molecule has 4 atom stereocenters. The number of carbonyl (C=O) groups is 3. The third-order valence-electron chi connectivity index (χ3n) is 10.6. The average Bonchev–Trinajstić information content (AvgIpc) is 3.40. The van der Waals surface area contributed by atoms with E-state index >= 15 is 4.39 Å². The number of aliphatic carboxylic acids is 1. The van der Waals surface area contributed by atoms with Crippen LogP contribution in [0.15, 0.2) is 42.5 Å². The summed E-state index contributed by atoms with van der Waals surface area (Å²) in [6.07, 6.45) is -0.966. The molecule has 6 aliphatic rings. The Kier molecular flexibility index (Phi) is 10.6. The van der Waals surface area contributed by atoms with Crippen molar-refractivity contribution in [2.75, 3.05) is 49.9 Å². The summed E-state index contributed by atoms with van der Waals surface area (Å²) in [5.41, 5.74) is 3.51. The number of piperazine rings is 1. The predicted octanol–water partition coefficient (Wildman–Crippen LogP) is 6.52. The molecule has 0 aromatic heterocycles. The molecule has 288 valence electrons. The Labute approximate surface area is 317 Å². The molecule has 5 fully saturated rings. The molecule has 9 rings (SSSR count). The summed E-state index contributed by atoms with van der Waals surface area (Å²) < 4.78 is 64.6. The van der Waals surface area contributed by atoms with Crippen molar-refractivity contribution in [1.29, 1.82) is 0 Å². The van der Waals surface area contributed by atoms with Gasteiger partial charge < -0.3 is 39.3 Å². The predicted molar refractivity (Wildman–Crippen MR) is 191 cm³/mol. The van der Waals surface area contributed by atoms with Crippen LogP contribution in [0.1, 0.15) is 52.0 Å². The second-order valence-corrected chi connectivity index (χ2v) is 14.6. The van der Waals surface area contributed by atoms with Gasteiger partial charge >= 0.3 is 18.1 Å². The van der Waals surface area contributed by atoms with Gasteiger partial charge in [0.05, 0.1) is 65.8 Å². The number of rotatable bonds is 5. The summed E-state index contributed by atoms with van der Waals surface area (Å²) in [5.74, 6) is -3.78. The van der Waals surface area contributed by atoms with E-state index in [-0.39, 0.29) is 42.4 Å². The number of para-hydroxylation sites is 1. The first-order chi connectivity index (χ1) is 25.7. The van der Waals surface area contributed by atoms with Gasteiger partial charge in [-0.1, -0.05) is 41.4 Å². The molecule has 0 saturated carbocycles. The van der Waals surface area contributed by atoms with Crippen molar-refractivity contribution in [2.24, 2.45) is 0 Å². The zero-order chi connectivity index (χ0) is 38.5. The number of methoxy groups -OCH3 is 1. The summed E-state index contributed by atoms with van der Waals surface area (Å²) >= 11 is 13.5. The van der Waals surface area contributed by atoms with Gasteiger partial charge in [-0.25, -0.2) is 14.0 Å². The zero-order valence-corrected chi connectivity index (χ0v) is 30.4. The van der Waals surface area contributed by atoms with Crippen molar-refractivity contribution in [3.63, 3.8) is 0 Å². The lowest BCUT2D eigenvalue weighted by Crippen LogP contribution is -2.61. The summed E-state index contributed by atoms with van der Waals surface area (Å²) in [5, 5.41) is 11.3. The van der Waals surface area contributed by atoms with Crippen LogP contribution < -0.4 is 19.9 Å². The fourth-order valence-electron chi connectivity index (χ4n) is 8.01. The number of carboxylic acid groups (broad SMARTS) is 1. The Balaban J connectivity index is 0.000000588. The number of hydrogen-bond donors (Lipinski definition) is 2. The molecule has 6 heterocycles. The van der Waals surface area contributed by atoms with Crippen LogP contribution in [0.5, 0.6) is 5.75 Å². The Hall–Kier alpha value is -4.31. The maximum Gasteiger partial charge on any atom is 0.490 e. The standard InChI is InChI=1S/C35H35Cl2FN4O5.C2HF3O2/c1-45-35(44)27-11-30(38)26(12-31(27)42-22-7-8-23(42)17-46-16-22)25-4-2-3-19-14-40(18-47-33(19)25)34(43)32-28(36)9-24(10-29(32)37)41-15-20-5-6-21(41)13-39-20;3-2(4,5)1(6)7/h2-4,9-12,20-23,39H,5-8,13-18H2,1H3;(H,6,7)/t20-,21?,22?,23?;/m1./s1. The minimum Gasteiger partial charge on any atom is -0.475 e. The number of anilines is 2. The number of morpholine rings is 1. The molecule has 17 heteroatoms. The fourth-order valence-corrected chi connectivity index (χ4v) is 8.64. The average molecular weight is 796 g/mol. The maximum atomic E-state index is 15.9. The second kappa shape index (κ2) is 15.1. The smallest absolute Gasteiger partial charge is 0.475 e. The van der Waals surface area contributed by atoms with Gasteiger partial charge in [-0.15, -0.1) is 0 Å². The number of fused-ring (bicyclic) bond motifs is 6.